The average molecular weight is 1410 g/mol. The van der Waals surface area contributed by atoms with E-state index in [4.69, 9.17) is 33.2 Å². The largest absolute Gasteiger partial charge is 0.737 e. The van der Waals surface area contributed by atoms with Crippen molar-refractivity contribution < 1.29 is 127 Å². The Morgan fingerprint density at radius 1 is 0.788 bits per heavy atom. The zero-order valence-corrected chi connectivity index (χ0v) is 57.1. The highest BCUT2D eigenvalue weighted by atomic mass is 19.2. The Kier molecular flexibility index (Phi) is 31.0. The molecule has 5 aliphatic heterocycles. The lowest BCUT2D eigenvalue weighted by atomic mass is 9.88. The molecule has 556 valence electrons. The Hall–Kier alpha value is -5.69. The smallest absolute Gasteiger partial charge is 0.497 e. The predicted octanol–water partition coefficient (Wildman–Crippen LogP) is 1.92. The highest BCUT2D eigenvalue weighted by molar-refractivity contribution is 6.58. The second-order valence-corrected chi connectivity index (χ2v) is 26.3. The molecule has 0 saturated carbocycles. The third-order valence-corrected chi connectivity index (χ3v) is 19.1. The minimum Gasteiger partial charge on any atom is -0.497 e. The van der Waals surface area contributed by atoms with Crippen molar-refractivity contribution >= 4 is 42.4 Å². The number of amides is 3. The molecule has 1 aromatic carbocycles. The zero-order chi connectivity index (χ0) is 72.3. The fourth-order valence-electron chi connectivity index (χ4n) is 13.5. The quantitative estimate of drug-likeness (QED) is 0.0257. The van der Waals surface area contributed by atoms with Gasteiger partial charge in [-0.1, -0.05) is 89.7 Å². The Morgan fingerprint density at radius 2 is 1.43 bits per heavy atom. The molecule has 1 aromatic heterocycles. The Balaban J connectivity index is 0.932. The molecule has 18 atom stereocenters. The number of carboxylic acids is 1. The number of methoxy groups -OCH3 is 1. The molecule has 0 spiro atoms. The standard InChI is InChI=1S/C68H104BF2N5O23/c1-6-7-8-9-10-11-12-13-14-15-16-17-19-22-49(81)46(74-55(85)23-20-18-21-32-72-54(84)31-29-45-39(2)48-33-43-26-30-47(42-24-27-44(93-5)28-25-42)76(43)69(70,71)75(48)40(45)3)38-94-65-60(89)59(88)62(53(37-79)96-65)97-66-61(90)64(58(87)52(36-78)95-66)99-68(67(91)92)34-50(82)56(73-41(4)80)63(98-68)57(86)51(83)35-77/h19,22,24-28,30,33,46,49-53,56-66,77-79,81-83,86-90H,6-18,20-21,23,29,31-32,34-38H2,1-5H3,(H,72,84)(H,73,80)(H,74,85)(H,91,92)/b22-19+/t46-,49+,50-,51+,52+,53+,56+,57+,58-,59+,60+,61+,62+,63+,64-,65+,66-,68-/m0/s1. The fourth-order valence-corrected chi connectivity index (χ4v) is 13.5. The number of allylic oxidation sites excluding steroid dienone is 3. The number of fused-ring (bicyclic) bond motifs is 2. The lowest BCUT2D eigenvalue weighted by Crippen LogP contribution is -2.70. The van der Waals surface area contributed by atoms with Gasteiger partial charge in [-0.2, -0.15) is 0 Å². The van der Waals surface area contributed by atoms with Crippen molar-refractivity contribution in [3.8, 4) is 17.0 Å². The summed E-state index contributed by atoms with van der Waals surface area (Å²) in [5.74, 6) is -6.08. The van der Waals surface area contributed by atoms with Crippen LogP contribution in [0.4, 0.5) is 8.63 Å². The van der Waals surface area contributed by atoms with Gasteiger partial charge >= 0.3 is 12.9 Å². The maximum absolute atomic E-state index is 16.6. The molecular formula is C68H104BF2N5O23. The third kappa shape index (κ3) is 20.4. The van der Waals surface area contributed by atoms with Crippen molar-refractivity contribution in [3.63, 3.8) is 0 Å². The van der Waals surface area contributed by atoms with E-state index in [2.05, 4.69) is 22.9 Å². The molecule has 0 unspecified atom stereocenters. The molecule has 0 radical (unpaired) electrons. The zero-order valence-electron chi connectivity index (χ0n) is 57.1. The number of nitrogens with one attached hydrogen (secondary N) is 3. The molecule has 99 heavy (non-hydrogen) atoms. The van der Waals surface area contributed by atoms with Crippen molar-refractivity contribution in [1.82, 2.24) is 20.4 Å². The summed E-state index contributed by atoms with van der Waals surface area (Å²) in [5.41, 5.74) is 3.41. The molecule has 3 amide bonds. The van der Waals surface area contributed by atoms with Gasteiger partial charge in [0.25, 0.3) is 5.79 Å². The van der Waals surface area contributed by atoms with Crippen molar-refractivity contribution in [1.29, 1.82) is 0 Å². The monoisotopic (exact) mass is 1410 g/mol. The molecule has 31 heteroatoms. The maximum atomic E-state index is 16.6. The number of benzene rings is 1. The second-order valence-electron chi connectivity index (χ2n) is 26.3. The number of carbonyl (C=O) groups is 4. The van der Waals surface area contributed by atoms with E-state index in [-0.39, 0.29) is 31.7 Å². The molecule has 28 nitrogen and oxygen atoms in total. The summed E-state index contributed by atoms with van der Waals surface area (Å²) in [7, 11) is 1.53. The van der Waals surface area contributed by atoms with Crippen LogP contribution in [0.2, 0.25) is 0 Å². The lowest BCUT2D eigenvalue weighted by molar-refractivity contribution is -0.386. The summed E-state index contributed by atoms with van der Waals surface area (Å²) in [6.45, 7) is -1.01. The highest BCUT2D eigenvalue weighted by Gasteiger charge is 2.61. The van der Waals surface area contributed by atoms with E-state index in [0.29, 0.717) is 70.9 Å². The van der Waals surface area contributed by atoms with E-state index in [1.54, 1.807) is 62.4 Å². The number of aromatic nitrogens is 1. The first-order chi connectivity index (χ1) is 47.3. The fraction of sp³-hybridized carbons (Fsp3) is 0.691. The van der Waals surface area contributed by atoms with E-state index in [1.807, 2.05) is 0 Å². The molecule has 7 rings (SSSR count). The third-order valence-electron chi connectivity index (χ3n) is 19.1. The van der Waals surface area contributed by atoms with Gasteiger partial charge in [0, 0.05) is 68.3 Å². The van der Waals surface area contributed by atoms with Gasteiger partial charge in [-0.3, -0.25) is 14.4 Å². The van der Waals surface area contributed by atoms with Gasteiger partial charge < -0.3 is 128 Å². The van der Waals surface area contributed by atoms with Crippen LogP contribution in [0.5, 0.6) is 5.75 Å². The minimum atomic E-state index is -4.30. The number of hydrogen-bond donors (Lipinski definition) is 15. The number of halogens is 2. The van der Waals surface area contributed by atoms with Crippen LogP contribution in [0, 0.1) is 0 Å². The van der Waals surface area contributed by atoms with Crippen LogP contribution in [-0.4, -0.2) is 257 Å². The number of carbonyl (C=O) groups excluding carboxylic acids is 3. The van der Waals surface area contributed by atoms with Crippen LogP contribution >= 0.6 is 0 Å². The summed E-state index contributed by atoms with van der Waals surface area (Å²) in [5, 5.41) is 139. The minimum absolute atomic E-state index is 0.0158. The maximum Gasteiger partial charge on any atom is 0.737 e. The number of aliphatic hydroxyl groups is 11. The van der Waals surface area contributed by atoms with Crippen LogP contribution in [0.1, 0.15) is 155 Å². The van der Waals surface area contributed by atoms with Crippen LogP contribution in [0.15, 0.2) is 65.4 Å². The van der Waals surface area contributed by atoms with Gasteiger partial charge in [-0.05, 0) is 81.0 Å². The lowest BCUT2D eigenvalue weighted by Gasteiger charge is -2.50. The molecule has 3 saturated heterocycles. The number of carboxylic acid groups (broad SMARTS) is 1. The molecule has 0 aliphatic carbocycles. The Bertz CT molecular complexity index is 3080. The van der Waals surface area contributed by atoms with Crippen molar-refractivity contribution in [3.05, 3.63) is 71.1 Å². The first kappa shape index (κ1) is 80.6. The second kappa shape index (κ2) is 38.0. The molecule has 6 heterocycles. The van der Waals surface area contributed by atoms with Gasteiger partial charge in [0.1, 0.15) is 78.6 Å². The first-order valence-corrected chi connectivity index (χ1v) is 34.6. The molecule has 5 aliphatic rings. The van der Waals surface area contributed by atoms with Crippen molar-refractivity contribution in [2.75, 3.05) is 40.1 Å². The Labute approximate surface area is 575 Å². The summed E-state index contributed by atoms with van der Waals surface area (Å²) in [6.07, 6.45) is -10.6. The van der Waals surface area contributed by atoms with E-state index in [9.17, 15) is 80.5 Å². The van der Waals surface area contributed by atoms with Gasteiger partial charge in [0.2, 0.25) is 17.7 Å². The van der Waals surface area contributed by atoms with E-state index in [1.165, 1.54) is 58.1 Å². The van der Waals surface area contributed by atoms with Gasteiger partial charge in [0.05, 0.1) is 57.8 Å². The number of nitrogens with zero attached hydrogens (tertiary/aromatic N) is 2. The van der Waals surface area contributed by atoms with Crippen LogP contribution in [0.25, 0.3) is 17.3 Å². The normalized spacial score (nSPS) is 28.8. The van der Waals surface area contributed by atoms with Crippen molar-refractivity contribution in [2.45, 2.75) is 259 Å². The van der Waals surface area contributed by atoms with Crippen LogP contribution in [0.3, 0.4) is 0 Å². The average Bonchev–Trinajstić information content (AvgIpc) is 1.59. The summed E-state index contributed by atoms with van der Waals surface area (Å²) in [4.78, 5) is 51.9. The molecule has 3 fully saturated rings. The van der Waals surface area contributed by atoms with E-state index in [0.717, 1.165) is 41.6 Å². The molecule has 2 aromatic rings. The summed E-state index contributed by atoms with van der Waals surface area (Å²) in [6, 6.07) is 7.46. The van der Waals surface area contributed by atoms with E-state index >= 15 is 8.63 Å². The first-order valence-electron chi connectivity index (χ1n) is 34.6. The number of aliphatic carboxylic acids is 1. The van der Waals surface area contributed by atoms with Crippen molar-refractivity contribution in [2.24, 2.45) is 0 Å². The number of hydrogen-bond acceptors (Lipinski definition) is 22. The summed E-state index contributed by atoms with van der Waals surface area (Å²) >= 11 is 0. The van der Waals surface area contributed by atoms with Crippen LogP contribution < -0.4 is 20.7 Å². The number of aliphatic hydroxyl groups excluding tert-OH is 11. The van der Waals surface area contributed by atoms with Gasteiger partial charge in [-0.25, -0.2) is 4.79 Å². The molecule has 0 bridgehead atoms. The predicted molar refractivity (Wildman–Crippen MR) is 354 cm³/mol. The van der Waals surface area contributed by atoms with Gasteiger partial charge in [0.15, 0.2) is 18.3 Å². The van der Waals surface area contributed by atoms with E-state index < -0.39 is 167 Å². The number of unbranched alkanes of at least 4 members (excludes halogenated alkanes) is 13. The summed E-state index contributed by atoms with van der Waals surface area (Å²) < 4.78 is 75.4. The molecular weight excluding hydrogens is 1300 g/mol. The SMILES string of the molecule is CCCCCCCCCCCCC/C=C/[C@@H](O)[C@H](CO[C@@H]1O[C@H](CO)[C@@H](O[C@@H]2O[C@H](CO)[C@H](O)[C@H](O[C@]3(C(=O)O)C[C@H](O)[C@@H](NC(C)=O)[C@H]([C@H](O)[C@H](O)CO)O3)[C@H]2O)[C@H](O)[C@H]1O)NC(=O)CCCCCNC(=O)CCC1=C(C)C2=Cc3ccc(-c4ccc(OC)cc4)n3[B-](F)(F)[N+]2=C1C. The topological polar surface area (TPSA) is 420 Å². The highest BCUT2D eigenvalue weighted by Crippen LogP contribution is 2.42. The molecule has 15 N–H and O–H groups in total. The Morgan fingerprint density at radius 3 is 2.06 bits per heavy atom. The van der Waals surface area contributed by atoms with Gasteiger partial charge in [-0.15, -0.1) is 0 Å². The number of ether oxygens (including phenoxy) is 7. The number of rotatable bonds is 40. The van der Waals surface area contributed by atoms with Crippen LogP contribution in [-0.2, 0) is 47.6 Å².